The van der Waals surface area contributed by atoms with Crippen LogP contribution in [0, 0.1) is 13.8 Å². The Morgan fingerprint density at radius 2 is 1.44 bits per heavy atom. The zero-order valence-electron chi connectivity index (χ0n) is 16.0. The molecule has 0 saturated heterocycles. The average molecular weight is 351 g/mol. The lowest BCUT2D eigenvalue weighted by atomic mass is 9.99. The minimum Gasteiger partial charge on any atom is -0.234 e. The summed E-state index contributed by atoms with van der Waals surface area (Å²) in [5.74, 6) is 0. The first-order valence-electron chi connectivity index (χ1n) is 9.22. The van der Waals surface area contributed by atoms with Gasteiger partial charge in [0.1, 0.15) is 18.4 Å². The van der Waals surface area contributed by atoms with Gasteiger partial charge in [-0.25, -0.2) is 4.98 Å². The molecule has 0 fully saturated rings. The molecule has 0 aliphatic rings. The summed E-state index contributed by atoms with van der Waals surface area (Å²) in [6.45, 7) is 4.27. The van der Waals surface area contributed by atoms with Crippen LogP contribution in [0.1, 0.15) is 11.1 Å². The van der Waals surface area contributed by atoms with E-state index in [2.05, 4.69) is 104 Å². The van der Waals surface area contributed by atoms with Crippen LogP contribution in [0.2, 0.25) is 0 Å². The first kappa shape index (κ1) is 17.2. The third-order valence-corrected chi connectivity index (χ3v) is 4.89. The summed E-state index contributed by atoms with van der Waals surface area (Å²) in [6.07, 6.45) is 2.13. The summed E-state index contributed by atoms with van der Waals surface area (Å²) in [5.41, 5.74) is 9.08. The molecule has 4 rings (SSSR count). The van der Waals surface area contributed by atoms with Crippen LogP contribution < -0.4 is 4.57 Å². The summed E-state index contributed by atoms with van der Waals surface area (Å²) in [4.78, 5) is 5.11. The number of hydrogen-bond acceptors (Lipinski definition) is 1. The number of aromatic nitrogens is 2. The van der Waals surface area contributed by atoms with Crippen LogP contribution in [0.5, 0.6) is 0 Å². The van der Waals surface area contributed by atoms with Crippen molar-refractivity contribution in [3.05, 3.63) is 96.2 Å². The molecular weight excluding hydrogens is 328 g/mol. The van der Waals surface area contributed by atoms with Gasteiger partial charge in [0.2, 0.25) is 5.69 Å². The smallest absolute Gasteiger partial charge is 0.234 e. The van der Waals surface area contributed by atoms with E-state index < -0.39 is 0 Å². The van der Waals surface area contributed by atoms with E-state index in [-0.39, 0.29) is 0 Å². The van der Waals surface area contributed by atoms with Crippen molar-refractivity contribution in [2.75, 3.05) is 0 Å². The Morgan fingerprint density at radius 3 is 2.19 bits per heavy atom. The molecule has 4 aromatic rings. The number of benzene rings is 3. The largest absolute Gasteiger partial charge is 0.239 e. The SMILES string of the molecule is Cc1cccc(-c2c[n+](C)c(-c3ccccc3C)c(-c3ccccc3)n2)c1. The Kier molecular flexibility index (Phi) is 4.55. The van der Waals surface area contributed by atoms with Crippen LogP contribution >= 0.6 is 0 Å². The zero-order chi connectivity index (χ0) is 18.8. The number of aryl methyl sites for hydroxylation is 3. The predicted molar refractivity (Wildman–Crippen MR) is 111 cm³/mol. The second-order valence-corrected chi connectivity index (χ2v) is 6.98. The van der Waals surface area contributed by atoms with Gasteiger partial charge >= 0.3 is 0 Å². The quantitative estimate of drug-likeness (QED) is 0.444. The van der Waals surface area contributed by atoms with E-state index in [1.807, 2.05) is 6.07 Å². The first-order valence-corrected chi connectivity index (χ1v) is 9.22. The van der Waals surface area contributed by atoms with E-state index in [1.54, 1.807) is 0 Å². The molecule has 2 heteroatoms. The fourth-order valence-electron chi connectivity index (χ4n) is 3.51. The van der Waals surface area contributed by atoms with Crippen molar-refractivity contribution in [2.45, 2.75) is 13.8 Å². The van der Waals surface area contributed by atoms with Crippen molar-refractivity contribution in [2.24, 2.45) is 7.05 Å². The molecule has 0 bridgehead atoms. The summed E-state index contributed by atoms with van der Waals surface area (Å²) in [6, 6.07) is 27.4. The van der Waals surface area contributed by atoms with Gasteiger partial charge in [-0.3, -0.25) is 0 Å². The van der Waals surface area contributed by atoms with Crippen LogP contribution in [0.3, 0.4) is 0 Å². The fraction of sp³-hybridized carbons (Fsp3) is 0.120. The van der Waals surface area contributed by atoms with Crippen LogP contribution in [0.25, 0.3) is 33.8 Å². The number of hydrogen-bond donors (Lipinski definition) is 0. The third-order valence-electron chi connectivity index (χ3n) is 4.89. The van der Waals surface area contributed by atoms with Crippen LogP contribution in [0.15, 0.2) is 85.1 Å². The molecule has 0 unspecified atom stereocenters. The highest BCUT2D eigenvalue weighted by atomic mass is 15.0. The Bertz CT molecular complexity index is 1100. The molecule has 132 valence electrons. The summed E-state index contributed by atoms with van der Waals surface area (Å²) in [5, 5.41) is 0. The summed E-state index contributed by atoms with van der Waals surface area (Å²) >= 11 is 0. The van der Waals surface area contributed by atoms with Crippen molar-refractivity contribution in [1.29, 1.82) is 0 Å². The predicted octanol–water partition coefficient (Wildman–Crippen LogP) is 5.52. The topological polar surface area (TPSA) is 16.8 Å². The molecule has 2 nitrogen and oxygen atoms in total. The Hall–Kier alpha value is -3.26. The highest BCUT2D eigenvalue weighted by Crippen LogP contribution is 2.31. The van der Waals surface area contributed by atoms with Gasteiger partial charge in [-0.1, -0.05) is 72.3 Å². The molecule has 1 heterocycles. The van der Waals surface area contributed by atoms with Crippen molar-refractivity contribution >= 4 is 0 Å². The van der Waals surface area contributed by atoms with Gasteiger partial charge in [0.05, 0.1) is 5.56 Å². The first-order chi connectivity index (χ1) is 13.1. The van der Waals surface area contributed by atoms with E-state index in [1.165, 1.54) is 16.7 Å². The molecule has 1 aromatic heterocycles. The molecule has 27 heavy (non-hydrogen) atoms. The summed E-state index contributed by atoms with van der Waals surface area (Å²) < 4.78 is 2.20. The van der Waals surface area contributed by atoms with Crippen molar-refractivity contribution in [1.82, 2.24) is 4.98 Å². The Labute approximate surface area is 160 Å². The molecule has 0 radical (unpaired) electrons. The number of nitrogens with zero attached hydrogens (tertiary/aromatic N) is 2. The van der Waals surface area contributed by atoms with Crippen molar-refractivity contribution < 1.29 is 4.57 Å². The third kappa shape index (κ3) is 3.39. The Balaban J connectivity index is 2.01. The zero-order valence-corrected chi connectivity index (χ0v) is 16.0. The molecule has 0 amide bonds. The molecule has 0 aliphatic heterocycles. The fourth-order valence-corrected chi connectivity index (χ4v) is 3.51. The van der Waals surface area contributed by atoms with Crippen molar-refractivity contribution in [3.63, 3.8) is 0 Å². The van der Waals surface area contributed by atoms with Gasteiger partial charge in [-0.05, 0) is 31.5 Å². The minimum atomic E-state index is 0.984. The standard InChI is InChI=1S/C25H23N2/c1-18-10-9-14-21(16-18)23-17-27(3)25(22-15-8-7-11-19(22)2)24(26-23)20-12-5-4-6-13-20/h4-17H,1-3H3/q+1. The number of rotatable bonds is 3. The van der Waals surface area contributed by atoms with Crippen LogP contribution in [-0.4, -0.2) is 4.98 Å². The summed E-state index contributed by atoms with van der Waals surface area (Å²) in [7, 11) is 2.11. The average Bonchev–Trinajstić information content (AvgIpc) is 2.69. The second-order valence-electron chi connectivity index (χ2n) is 6.98. The van der Waals surface area contributed by atoms with E-state index in [9.17, 15) is 0 Å². The monoisotopic (exact) mass is 351 g/mol. The molecule has 0 spiro atoms. The second kappa shape index (κ2) is 7.16. The molecule has 3 aromatic carbocycles. The van der Waals surface area contributed by atoms with Gasteiger partial charge in [0.15, 0.2) is 6.20 Å². The van der Waals surface area contributed by atoms with E-state index in [4.69, 9.17) is 4.98 Å². The van der Waals surface area contributed by atoms with Crippen molar-refractivity contribution in [3.8, 4) is 33.8 Å². The highest BCUT2D eigenvalue weighted by Gasteiger charge is 2.22. The maximum absolute atomic E-state index is 5.11. The lowest BCUT2D eigenvalue weighted by Gasteiger charge is -2.12. The lowest BCUT2D eigenvalue weighted by molar-refractivity contribution is -0.659. The molecule has 0 aliphatic carbocycles. The van der Waals surface area contributed by atoms with E-state index >= 15 is 0 Å². The normalized spacial score (nSPS) is 10.8. The van der Waals surface area contributed by atoms with Gasteiger partial charge < -0.3 is 0 Å². The van der Waals surface area contributed by atoms with Gasteiger partial charge in [-0.15, -0.1) is 0 Å². The maximum Gasteiger partial charge on any atom is 0.239 e. The molecular formula is C25H23N2+. The maximum atomic E-state index is 5.11. The highest BCUT2D eigenvalue weighted by molar-refractivity contribution is 5.79. The van der Waals surface area contributed by atoms with E-state index in [0.29, 0.717) is 0 Å². The molecule has 0 saturated carbocycles. The van der Waals surface area contributed by atoms with E-state index in [0.717, 1.165) is 28.2 Å². The Morgan fingerprint density at radius 1 is 0.741 bits per heavy atom. The van der Waals surface area contributed by atoms with Crippen LogP contribution in [-0.2, 0) is 7.05 Å². The van der Waals surface area contributed by atoms with Gasteiger partial charge in [0.25, 0.3) is 0 Å². The molecule has 0 N–H and O–H groups in total. The molecule has 0 atom stereocenters. The van der Waals surface area contributed by atoms with Crippen LogP contribution in [0.4, 0.5) is 0 Å². The van der Waals surface area contributed by atoms with Gasteiger partial charge in [-0.2, -0.15) is 4.57 Å². The minimum absolute atomic E-state index is 0.984. The van der Waals surface area contributed by atoms with Gasteiger partial charge in [0, 0.05) is 11.1 Å². The lowest BCUT2D eigenvalue weighted by Crippen LogP contribution is -2.32.